The number of aryl methyl sites for hydroxylation is 2. The van der Waals surface area contributed by atoms with Gasteiger partial charge in [-0.05, 0) is 69.7 Å². The molecule has 0 saturated carbocycles. The van der Waals surface area contributed by atoms with Crippen LogP contribution in [0, 0.1) is 18.2 Å². The summed E-state index contributed by atoms with van der Waals surface area (Å²) in [6, 6.07) is 16.7. The average Bonchev–Trinajstić information content (AvgIpc) is 2.82. The lowest BCUT2D eigenvalue weighted by Gasteiger charge is -2.28. The Bertz CT molecular complexity index is 1720. The van der Waals surface area contributed by atoms with E-state index in [1.54, 1.807) is 6.07 Å². The van der Waals surface area contributed by atoms with Crippen LogP contribution < -0.4 is 4.57 Å². The fourth-order valence-electron chi connectivity index (χ4n) is 5.91. The SMILES string of the molecule is Cc1c2c(c(CC(C)(C)C)c3ccc(C(C)C)cc13)Sc1cc3c(F)cccc3c3cc[n+](C)c-2c13. The van der Waals surface area contributed by atoms with Crippen LogP contribution in [0.3, 0.4) is 0 Å². The number of pyridine rings is 1. The minimum Gasteiger partial charge on any atom is -0.206 e. The summed E-state index contributed by atoms with van der Waals surface area (Å²) in [7, 11) is 2.14. The Morgan fingerprint density at radius 2 is 1.69 bits per heavy atom. The van der Waals surface area contributed by atoms with Crippen LogP contribution in [0.1, 0.15) is 57.2 Å². The van der Waals surface area contributed by atoms with Gasteiger partial charge in [0.25, 0.3) is 0 Å². The van der Waals surface area contributed by atoms with Crippen LogP contribution in [-0.4, -0.2) is 0 Å². The first-order chi connectivity index (χ1) is 17.0. The van der Waals surface area contributed by atoms with Gasteiger partial charge in [0.05, 0.1) is 10.9 Å². The van der Waals surface area contributed by atoms with E-state index in [1.165, 1.54) is 49.0 Å². The van der Waals surface area contributed by atoms with Crippen molar-refractivity contribution in [3.8, 4) is 11.3 Å². The van der Waals surface area contributed by atoms with Crippen LogP contribution in [-0.2, 0) is 13.5 Å². The van der Waals surface area contributed by atoms with E-state index in [9.17, 15) is 4.39 Å². The number of hydrogen-bond acceptors (Lipinski definition) is 1. The molecule has 182 valence electrons. The molecule has 0 bridgehead atoms. The molecule has 36 heavy (non-hydrogen) atoms. The number of halogens is 1. The van der Waals surface area contributed by atoms with Crippen molar-refractivity contribution >= 4 is 44.1 Å². The van der Waals surface area contributed by atoms with E-state index < -0.39 is 0 Å². The molecule has 1 aliphatic heterocycles. The zero-order valence-corrected chi connectivity index (χ0v) is 23.0. The molecule has 2 heterocycles. The van der Waals surface area contributed by atoms with Crippen molar-refractivity contribution in [2.75, 3.05) is 0 Å². The second-order valence-corrected chi connectivity index (χ2v) is 12.9. The molecule has 6 rings (SSSR count). The van der Waals surface area contributed by atoms with Crippen molar-refractivity contribution < 1.29 is 8.96 Å². The summed E-state index contributed by atoms with van der Waals surface area (Å²) in [5.74, 6) is 0.324. The van der Waals surface area contributed by atoms with Crippen LogP contribution >= 0.6 is 11.8 Å². The molecular formula is C33H33FNS+. The lowest BCUT2D eigenvalue weighted by atomic mass is 9.82. The third-order valence-corrected chi connectivity index (χ3v) is 8.86. The normalized spacial score (nSPS) is 13.2. The van der Waals surface area contributed by atoms with Crippen LogP contribution in [0.5, 0.6) is 0 Å². The summed E-state index contributed by atoms with van der Waals surface area (Å²) in [5.41, 5.74) is 6.84. The summed E-state index contributed by atoms with van der Waals surface area (Å²) in [5, 5.41) is 6.75. The Morgan fingerprint density at radius 3 is 2.42 bits per heavy atom. The maximum absolute atomic E-state index is 15.0. The predicted molar refractivity (Wildman–Crippen MR) is 152 cm³/mol. The summed E-state index contributed by atoms with van der Waals surface area (Å²) < 4.78 is 17.3. The van der Waals surface area contributed by atoms with Crippen molar-refractivity contribution in [3.63, 3.8) is 0 Å². The quantitative estimate of drug-likeness (QED) is 0.171. The molecular weight excluding hydrogens is 461 g/mol. The fraction of sp³-hybridized carbons (Fsp3) is 0.303. The number of rotatable bonds is 2. The third-order valence-electron chi connectivity index (χ3n) is 7.66. The van der Waals surface area contributed by atoms with Crippen molar-refractivity contribution in [3.05, 3.63) is 77.2 Å². The molecule has 0 saturated heterocycles. The lowest BCUT2D eigenvalue weighted by molar-refractivity contribution is -0.659. The van der Waals surface area contributed by atoms with Gasteiger partial charge >= 0.3 is 0 Å². The van der Waals surface area contributed by atoms with Gasteiger partial charge in [-0.15, -0.1) is 0 Å². The first-order valence-corrected chi connectivity index (χ1v) is 13.7. The topological polar surface area (TPSA) is 3.88 Å². The zero-order valence-electron chi connectivity index (χ0n) is 22.2. The third kappa shape index (κ3) is 3.47. The predicted octanol–water partition coefficient (Wildman–Crippen LogP) is 9.26. The minimum atomic E-state index is -0.155. The standard InChI is InChI=1S/C33H33FNS/c1-18(2)20-11-12-22-24(15-20)19(3)29-31-30-23(13-14-35(31)7)21-9-8-10-27(34)25(21)16-28(30)36-32(29)26(22)17-33(4,5)6/h8-16,18H,17H2,1-7H3/q+1. The molecule has 0 spiro atoms. The zero-order chi connectivity index (χ0) is 25.5. The minimum absolute atomic E-state index is 0.136. The number of nitrogens with zero attached hydrogens (tertiary/aromatic N) is 1. The highest BCUT2D eigenvalue weighted by molar-refractivity contribution is 8.00. The lowest BCUT2D eigenvalue weighted by Crippen LogP contribution is -2.32. The Morgan fingerprint density at radius 1 is 0.917 bits per heavy atom. The highest BCUT2D eigenvalue weighted by atomic mass is 32.2. The van der Waals surface area contributed by atoms with Crippen LogP contribution in [0.15, 0.2) is 64.5 Å². The van der Waals surface area contributed by atoms with E-state index in [-0.39, 0.29) is 11.2 Å². The molecule has 1 aliphatic rings. The monoisotopic (exact) mass is 494 g/mol. The largest absolute Gasteiger partial charge is 0.222 e. The Hall–Kier alpha value is -2.91. The molecule has 0 atom stereocenters. The molecule has 0 unspecified atom stereocenters. The van der Waals surface area contributed by atoms with E-state index in [1.807, 2.05) is 17.8 Å². The molecule has 0 amide bonds. The molecule has 1 nitrogen and oxygen atoms in total. The number of benzene rings is 4. The molecule has 0 aliphatic carbocycles. The molecule has 0 N–H and O–H groups in total. The molecule has 5 aromatic rings. The number of aromatic nitrogens is 1. The molecule has 1 aromatic heterocycles. The van der Waals surface area contributed by atoms with Crippen molar-refractivity contribution in [2.45, 2.75) is 63.7 Å². The van der Waals surface area contributed by atoms with Gasteiger partial charge in [-0.2, -0.15) is 0 Å². The number of fused-ring (bicyclic) bond motifs is 5. The summed E-state index contributed by atoms with van der Waals surface area (Å²) in [4.78, 5) is 2.48. The number of hydrogen-bond donors (Lipinski definition) is 0. The highest BCUT2D eigenvalue weighted by Crippen LogP contribution is 2.53. The van der Waals surface area contributed by atoms with Gasteiger partial charge in [-0.1, -0.05) is 76.7 Å². The Kier molecular flexibility index (Phi) is 5.25. The van der Waals surface area contributed by atoms with E-state index in [4.69, 9.17) is 0 Å². The Balaban J connectivity index is 1.81. The highest BCUT2D eigenvalue weighted by Gasteiger charge is 2.33. The van der Waals surface area contributed by atoms with E-state index >= 15 is 0 Å². The van der Waals surface area contributed by atoms with Crippen molar-refractivity contribution in [2.24, 2.45) is 12.5 Å². The van der Waals surface area contributed by atoms with Crippen LogP contribution in [0.4, 0.5) is 4.39 Å². The van der Waals surface area contributed by atoms with Crippen LogP contribution in [0.25, 0.3) is 43.6 Å². The second kappa shape index (κ2) is 8.05. The van der Waals surface area contributed by atoms with E-state index in [0.29, 0.717) is 11.3 Å². The smallest absolute Gasteiger partial charge is 0.206 e. The molecule has 0 fully saturated rings. The van der Waals surface area contributed by atoms with Gasteiger partial charge < -0.3 is 0 Å². The Labute approximate surface area is 217 Å². The molecule has 0 radical (unpaired) electrons. The van der Waals surface area contributed by atoms with Gasteiger partial charge in [0, 0.05) is 26.6 Å². The van der Waals surface area contributed by atoms with Gasteiger partial charge in [0.2, 0.25) is 5.69 Å². The maximum Gasteiger partial charge on any atom is 0.222 e. The van der Waals surface area contributed by atoms with Gasteiger partial charge in [0.15, 0.2) is 6.20 Å². The molecule has 3 heteroatoms. The summed E-state index contributed by atoms with van der Waals surface area (Å²) in [6.45, 7) is 13.8. The van der Waals surface area contributed by atoms with Crippen LogP contribution in [0.2, 0.25) is 0 Å². The van der Waals surface area contributed by atoms with Crippen molar-refractivity contribution in [1.29, 1.82) is 0 Å². The fourth-order valence-corrected chi connectivity index (χ4v) is 7.27. The summed E-state index contributed by atoms with van der Waals surface area (Å²) in [6.07, 6.45) is 3.13. The first kappa shape index (κ1) is 23.5. The first-order valence-electron chi connectivity index (χ1n) is 12.9. The van der Waals surface area contributed by atoms with Gasteiger partial charge in [0.1, 0.15) is 12.9 Å². The van der Waals surface area contributed by atoms with E-state index in [2.05, 4.69) is 95.8 Å². The van der Waals surface area contributed by atoms with E-state index in [0.717, 1.165) is 22.1 Å². The summed E-state index contributed by atoms with van der Waals surface area (Å²) >= 11 is 1.83. The second-order valence-electron chi connectivity index (χ2n) is 11.9. The molecule has 4 aromatic carbocycles. The van der Waals surface area contributed by atoms with Crippen molar-refractivity contribution in [1.82, 2.24) is 0 Å². The van der Waals surface area contributed by atoms with Gasteiger partial charge in [-0.3, -0.25) is 0 Å². The van der Waals surface area contributed by atoms with Gasteiger partial charge in [-0.25, -0.2) is 8.96 Å². The maximum atomic E-state index is 15.0. The average molecular weight is 495 g/mol.